The molecule has 0 aliphatic rings. The van der Waals surface area contributed by atoms with Gasteiger partial charge in [-0.3, -0.25) is 0 Å². The maximum absolute atomic E-state index is 5.90. The van der Waals surface area contributed by atoms with Crippen LogP contribution < -0.4 is 4.74 Å². The summed E-state index contributed by atoms with van der Waals surface area (Å²) in [7, 11) is 0. The standard InChI is InChI=1S/C9H9BrCl2O/c1-2-9(10)13-8-4-3-6(11)5-7(8)12/h3-5,9H,2H2,1H3. The highest BCUT2D eigenvalue weighted by Crippen LogP contribution is 2.29. The molecule has 0 N–H and O–H groups in total. The van der Waals surface area contributed by atoms with Gasteiger partial charge in [0.05, 0.1) is 5.02 Å². The molecule has 4 heteroatoms. The summed E-state index contributed by atoms with van der Waals surface area (Å²) in [5.41, 5.74) is 0. The summed E-state index contributed by atoms with van der Waals surface area (Å²) in [6.07, 6.45) is 0.874. The van der Waals surface area contributed by atoms with E-state index in [4.69, 9.17) is 27.9 Å². The van der Waals surface area contributed by atoms with E-state index < -0.39 is 0 Å². The van der Waals surface area contributed by atoms with Gasteiger partial charge in [0, 0.05) is 5.02 Å². The molecule has 0 aliphatic carbocycles. The predicted molar refractivity (Wildman–Crippen MR) is 60.1 cm³/mol. The summed E-state index contributed by atoms with van der Waals surface area (Å²) >= 11 is 15.0. The SMILES string of the molecule is CCC(Br)Oc1ccc(Cl)cc1Cl. The number of benzene rings is 1. The number of rotatable bonds is 3. The number of ether oxygens (including phenoxy) is 1. The highest BCUT2D eigenvalue weighted by atomic mass is 79.9. The maximum Gasteiger partial charge on any atom is 0.153 e. The van der Waals surface area contributed by atoms with Crippen LogP contribution in [-0.2, 0) is 0 Å². The molecule has 1 rings (SSSR count). The second-order valence-corrected chi connectivity index (χ2v) is 4.38. The van der Waals surface area contributed by atoms with Gasteiger partial charge in [-0.25, -0.2) is 0 Å². The monoisotopic (exact) mass is 282 g/mol. The molecule has 1 nitrogen and oxygen atoms in total. The third kappa shape index (κ3) is 3.37. The summed E-state index contributed by atoms with van der Waals surface area (Å²) < 4.78 is 5.48. The lowest BCUT2D eigenvalue weighted by molar-refractivity contribution is 0.290. The van der Waals surface area contributed by atoms with Crippen LogP contribution in [0.2, 0.25) is 10.0 Å². The van der Waals surface area contributed by atoms with Crippen molar-refractivity contribution in [1.82, 2.24) is 0 Å². The van der Waals surface area contributed by atoms with Crippen LogP contribution in [-0.4, -0.2) is 5.01 Å². The Labute approximate surface area is 96.1 Å². The van der Waals surface area contributed by atoms with Crippen LogP contribution in [0.5, 0.6) is 5.75 Å². The quantitative estimate of drug-likeness (QED) is 0.742. The summed E-state index contributed by atoms with van der Waals surface area (Å²) in [5, 5.41) is 1.14. The maximum atomic E-state index is 5.90. The van der Waals surface area contributed by atoms with E-state index in [0.29, 0.717) is 15.8 Å². The van der Waals surface area contributed by atoms with E-state index in [9.17, 15) is 0 Å². The molecule has 0 saturated heterocycles. The zero-order valence-electron chi connectivity index (χ0n) is 7.06. The number of alkyl halides is 1. The second kappa shape index (κ2) is 5.08. The lowest BCUT2D eigenvalue weighted by Crippen LogP contribution is -2.05. The highest BCUT2D eigenvalue weighted by molar-refractivity contribution is 9.09. The predicted octanol–water partition coefficient (Wildman–Crippen LogP) is 4.50. The van der Waals surface area contributed by atoms with Gasteiger partial charge < -0.3 is 4.74 Å². The van der Waals surface area contributed by atoms with Gasteiger partial charge in [-0.15, -0.1) is 0 Å². The summed E-state index contributed by atoms with van der Waals surface area (Å²) in [5.74, 6) is 0.648. The van der Waals surface area contributed by atoms with E-state index >= 15 is 0 Å². The molecule has 0 aliphatic heterocycles. The number of hydrogen-bond donors (Lipinski definition) is 0. The summed E-state index contributed by atoms with van der Waals surface area (Å²) in [6, 6.07) is 5.17. The van der Waals surface area contributed by atoms with Gasteiger partial charge in [0.15, 0.2) is 5.01 Å². The Kier molecular flexibility index (Phi) is 4.36. The molecule has 0 saturated carbocycles. The Bertz CT molecular complexity index is 291. The van der Waals surface area contributed by atoms with E-state index in [1.54, 1.807) is 18.2 Å². The Morgan fingerprint density at radius 3 is 2.69 bits per heavy atom. The fourth-order valence-electron chi connectivity index (χ4n) is 0.792. The largest absolute Gasteiger partial charge is 0.478 e. The highest BCUT2D eigenvalue weighted by Gasteiger charge is 2.06. The van der Waals surface area contributed by atoms with Crippen molar-refractivity contribution in [3.05, 3.63) is 28.2 Å². The minimum Gasteiger partial charge on any atom is -0.478 e. The van der Waals surface area contributed by atoms with Crippen LogP contribution in [0, 0.1) is 0 Å². The van der Waals surface area contributed by atoms with Crippen LogP contribution in [0.4, 0.5) is 0 Å². The molecule has 0 heterocycles. The van der Waals surface area contributed by atoms with Gasteiger partial charge in [0.2, 0.25) is 0 Å². The molecular weight excluding hydrogens is 275 g/mol. The Hall–Kier alpha value is 0.0800. The lowest BCUT2D eigenvalue weighted by Gasteiger charge is -2.11. The molecule has 1 atom stereocenters. The van der Waals surface area contributed by atoms with Crippen molar-refractivity contribution in [2.45, 2.75) is 18.4 Å². The van der Waals surface area contributed by atoms with Crippen LogP contribution in [0.3, 0.4) is 0 Å². The van der Waals surface area contributed by atoms with Crippen LogP contribution in [0.25, 0.3) is 0 Å². The topological polar surface area (TPSA) is 9.23 Å². The first-order chi connectivity index (χ1) is 6.13. The Morgan fingerprint density at radius 1 is 1.46 bits per heavy atom. The lowest BCUT2D eigenvalue weighted by atomic mass is 10.3. The normalized spacial score (nSPS) is 12.6. The van der Waals surface area contributed by atoms with Crippen LogP contribution in [0.15, 0.2) is 18.2 Å². The Balaban J connectivity index is 2.77. The molecule has 0 fully saturated rings. The van der Waals surface area contributed by atoms with Crippen LogP contribution in [0.1, 0.15) is 13.3 Å². The molecule has 1 aromatic carbocycles. The van der Waals surface area contributed by atoms with Crippen molar-refractivity contribution in [3.63, 3.8) is 0 Å². The first kappa shape index (κ1) is 11.2. The molecule has 0 amide bonds. The van der Waals surface area contributed by atoms with Crippen LogP contribution >= 0.6 is 39.1 Å². The first-order valence-corrected chi connectivity index (χ1v) is 5.56. The smallest absolute Gasteiger partial charge is 0.153 e. The molecule has 1 unspecified atom stereocenters. The van der Waals surface area contributed by atoms with Crippen molar-refractivity contribution < 1.29 is 4.74 Å². The molecule has 13 heavy (non-hydrogen) atoms. The summed E-state index contributed by atoms with van der Waals surface area (Å²) in [6.45, 7) is 2.02. The van der Waals surface area contributed by atoms with Crippen molar-refractivity contribution in [2.24, 2.45) is 0 Å². The average Bonchev–Trinajstić information content (AvgIpc) is 2.09. The van der Waals surface area contributed by atoms with E-state index in [0.717, 1.165) is 6.42 Å². The van der Waals surface area contributed by atoms with Gasteiger partial charge in [-0.2, -0.15) is 0 Å². The fourth-order valence-corrected chi connectivity index (χ4v) is 1.45. The first-order valence-electron chi connectivity index (χ1n) is 3.89. The number of halogens is 3. The third-order valence-electron chi connectivity index (χ3n) is 1.47. The van der Waals surface area contributed by atoms with Gasteiger partial charge >= 0.3 is 0 Å². The molecule has 0 bridgehead atoms. The third-order valence-corrected chi connectivity index (χ3v) is 2.83. The van der Waals surface area contributed by atoms with Gasteiger partial charge in [0.25, 0.3) is 0 Å². The summed E-state index contributed by atoms with van der Waals surface area (Å²) in [4.78, 5) is 0. The van der Waals surface area contributed by atoms with Gasteiger partial charge in [-0.05, 0) is 40.5 Å². The van der Waals surface area contributed by atoms with E-state index in [-0.39, 0.29) is 5.01 Å². The minimum atomic E-state index is -0.00817. The van der Waals surface area contributed by atoms with Crippen molar-refractivity contribution in [1.29, 1.82) is 0 Å². The Morgan fingerprint density at radius 2 is 2.15 bits per heavy atom. The average molecular weight is 284 g/mol. The second-order valence-electron chi connectivity index (χ2n) is 2.51. The zero-order chi connectivity index (χ0) is 9.84. The van der Waals surface area contributed by atoms with E-state index in [1.807, 2.05) is 6.92 Å². The van der Waals surface area contributed by atoms with Crippen molar-refractivity contribution >= 4 is 39.1 Å². The van der Waals surface area contributed by atoms with Gasteiger partial charge in [0.1, 0.15) is 5.75 Å². The molecule has 1 aromatic rings. The number of hydrogen-bond acceptors (Lipinski definition) is 1. The van der Waals surface area contributed by atoms with Gasteiger partial charge in [-0.1, -0.05) is 30.1 Å². The molecule has 0 aromatic heterocycles. The molecular formula is C9H9BrCl2O. The minimum absolute atomic E-state index is 0.00817. The molecule has 0 spiro atoms. The van der Waals surface area contributed by atoms with E-state index in [2.05, 4.69) is 15.9 Å². The fraction of sp³-hybridized carbons (Fsp3) is 0.333. The zero-order valence-corrected chi connectivity index (χ0v) is 10.2. The van der Waals surface area contributed by atoms with E-state index in [1.165, 1.54) is 0 Å². The van der Waals surface area contributed by atoms with Crippen molar-refractivity contribution in [3.8, 4) is 5.75 Å². The van der Waals surface area contributed by atoms with Crippen molar-refractivity contribution in [2.75, 3.05) is 0 Å². The molecule has 72 valence electrons. The molecule has 0 radical (unpaired) electrons.